The quantitative estimate of drug-likeness (QED) is 0.852. The maximum Gasteiger partial charge on any atom is 0.255 e. The Kier molecular flexibility index (Phi) is 5.05. The van der Waals surface area contributed by atoms with Crippen LogP contribution in [0.25, 0.3) is 0 Å². The highest BCUT2D eigenvalue weighted by Crippen LogP contribution is 2.17. The number of nitrogens with one attached hydrogen (secondary N) is 2. The van der Waals surface area contributed by atoms with Gasteiger partial charge in [0.2, 0.25) is 0 Å². The fourth-order valence-corrected chi connectivity index (χ4v) is 1.85. The molecule has 4 nitrogen and oxygen atoms in total. The summed E-state index contributed by atoms with van der Waals surface area (Å²) in [6, 6.07) is 9.06. The SMILES string of the molecule is C#CCNC(=O)c1ccccc1NC(=O)c1ccc(F)c(F)c1. The molecule has 6 heteroatoms. The predicted octanol–water partition coefficient (Wildman–Crippen LogP) is 2.58. The Morgan fingerprint density at radius 1 is 1.04 bits per heavy atom. The Balaban J connectivity index is 2.23. The Labute approximate surface area is 131 Å². The average Bonchev–Trinajstić information content (AvgIpc) is 2.55. The molecule has 2 rings (SSSR count). The molecule has 0 radical (unpaired) electrons. The van der Waals surface area contributed by atoms with Crippen molar-refractivity contribution in [2.24, 2.45) is 0 Å². The highest BCUT2D eigenvalue weighted by Gasteiger charge is 2.14. The van der Waals surface area contributed by atoms with Gasteiger partial charge in [-0.15, -0.1) is 6.42 Å². The highest BCUT2D eigenvalue weighted by molar-refractivity contribution is 6.09. The number of carbonyl (C=O) groups excluding carboxylic acids is 2. The first kappa shape index (κ1) is 16.2. The second-order valence-corrected chi connectivity index (χ2v) is 4.52. The lowest BCUT2D eigenvalue weighted by Gasteiger charge is -2.10. The van der Waals surface area contributed by atoms with Crippen molar-refractivity contribution in [2.75, 3.05) is 11.9 Å². The second kappa shape index (κ2) is 7.18. The van der Waals surface area contributed by atoms with E-state index in [-0.39, 0.29) is 23.4 Å². The van der Waals surface area contributed by atoms with Gasteiger partial charge in [0.25, 0.3) is 11.8 Å². The first-order valence-electron chi connectivity index (χ1n) is 6.60. The van der Waals surface area contributed by atoms with Crippen molar-refractivity contribution in [3.8, 4) is 12.3 Å². The largest absolute Gasteiger partial charge is 0.341 e. The molecule has 0 saturated heterocycles. The van der Waals surface area contributed by atoms with Crippen molar-refractivity contribution in [1.82, 2.24) is 5.32 Å². The van der Waals surface area contributed by atoms with Gasteiger partial charge in [-0.2, -0.15) is 0 Å². The molecule has 0 bridgehead atoms. The molecule has 2 aromatic carbocycles. The summed E-state index contributed by atoms with van der Waals surface area (Å²) in [6.07, 6.45) is 5.08. The summed E-state index contributed by atoms with van der Waals surface area (Å²) in [5, 5.41) is 4.97. The monoisotopic (exact) mass is 314 g/mol. The summed E-state index contributed by atoms with van der Waals surface area (Å²) in [5.74, 6) is -1.02. The molecule has 2 aromatic rings. The molecule has 0 atom stereocenters. The zero-order valence-corrected chi connectivity index (χ0v) is 11.9. The Morgan fingerprint density at radius 2 is 1.78 bits per heavy atom. The molecular formula is C17H12F2N2O2. The van der Waals surface area contributed by atoms with Gasteiger partial charge in [0.05, 0.1) is 17.8 Å². The molecule has 0 aromatic heterocycles. The van der Waals surface area contributed by atoms with Crippen molar-refractivity contribution in [3.05, 3.63) is 65.2 Å². The normalized spacial score (nSPS) is 9.78. The fourth-order valence-electron chi connectivity index (χ4n) is 1.85. The van der Waals surface area contributed by atoms with E-state index in [1.165, 1.54) is 12.1 Å². The highest BCUT2D eigenvalue weighted by atomic mass is 19.2. The van der Waals surface area contributed by atoms with Gasteiger partial charge in [-0.05, 0) is 30.3 Å². The summed E-state index contributed by atoms with van der Waals surface area (Å²) < 4.78 is 26.1. The summed E-state index contributed by atoms with van der Waals surface area (Å²) in [4.78, 5) is 24.1. The van der Waals surface area contributed by atoms with Crippen LogP contribution in [0.15, 0.2) is 42.5 Å². The fraction of sp³-hybridized carbons (Fsp3) is 0.0588. The van der Waals surface area contributed by atoms with E-state index in [0.29, 0.717) is 0 Å². The van der Waals surface area contributed by atoms with E-state index in [1.807, 2.05) is 0 Å². The van der Waals surface area contributed by atoms with Crippen LogP contribution in [-0.4, -0.2) is 18.4 Å². The minimum atomic E-state index is -1.13. The van der Waals surface area contributed by atoms with Crippen molar-refractivity contribution >= 4 is 17.5 Å². The number of hydrogen-bond acceptors (Lipinski definition) is 2. The molecule has 0 aliphatic heterocycles. The summed E-state index contributed by atoms with van der Waals surface area (Å²) in [7, 11) is 0. The molecule has 0 heterocycles. The zero-order chi connectivity index (χ0) is 16.8. The molecule has 0 fully saturated rings. The van der Waals surface area contributed by atoms with Crippen LogP contribution in [0, 0.1) is 24.0 Å². The predicted molar refractivity (Wildman–Crippen MR) is 81.9 cm³/mol. The Bertz CT molecular complexity index is 797. The number of amides is 2. The van der Waals surface area contributed by atoms with Crippen molar-refractivity contribution in [1.29, 1.82) is 0 Å². The maximum absolute atomic E-state index is 13.2. The average molecular weight is 314 g/mol. The van der Waals surface area contributed by atoms with Crippen LogP contribution in [0.3, 0.4) is 0 Å². The first-order chi connectivity index (χ1) is 11.0. The Hall–Kier alpha value is -3.20. The second-order valence-electron chi connectivity index (χ2n) is 4.52. The third-order valence-corrected chi connectivity index (χ3v) is 2.95. The number of para-hydroxylation sites is 1. The number of anilines is 1. The molecule has 0 spiro atoms. The van der Waals surface area contributed by atoms with E-state index >= 15 is 0 Å². The third kappa shape index (κ3) is 3.92. The lowest BCUT2D eigenvalue weighted by atomic mass is 10.1. The molecule has 23 heavy (non-hydrogen) atoms. The molecular weight excluding hydrogens is 302 g/mol. The van der Waals surface area contributed by atoms with Crippen molar-refractivity contribution < 1.29 is 18.4 Å². The topological polar surface area (TPSA) is 58.2 Å². The van der Waals surface area contributed by atoms with Crippen LogP contribution in [0.2, 0.25) is 0 Å². The molecule has 2 amide bonds. The lowest BCUT2D eigenvalue weighted by Crippen LogP contribution is -2.25. The van der Waals surface area contributed by atoms with Gasteiger partial charge >= 0.3 is 0 Å². The number of carbonyl (C=O) groups is 2. The summed E-state index contributed by atoms with van der Waals surface area (Å²) in [5.41, 5.74) is 0.373. The van der Waals surface area contributed by atoms with Crippen LogP contribution in [0.4, 0.5) is 14.5 Å². The molecule has 0 aliphatic carbocycles. The number of hydrogen-bond donors (Lipinski definition) is 2. The van der Waals surface area contributed by atoms with Crippen LogP contribution in [0.5, 0.6) is 0 Å². The minimum absolute atomic E-state index is 0.0459. The standard InChI is InChI=1S/C17H12F2N2O2/c1-2-9-20-17(23)12-5-3-4-6-15(12)21-16(22)11-7-8-13(18)14(19)10-11/h1,3-8,10H,9H2,(H,20,23)(H,21,22). The van der Waals surface area contributed by atoms with Crippen LogP contribution in [-0.2, 0) is 0 Å². The summed E-state index contributed by atoms with van der Waals surface area (Å²) >= 11 is 0. The van der Waals surface area contributed by atoms with Crippen molar-refractivity contribution in [3.63, 3.8) is 0 Å². The third-order valence-electron chi connectivity index (χ3n) is 2.95. The number of terminal acetylenes is 1. The maximum atomic E-state index is 13.2. The van der Waals surface area contributed by atoms with Crippen LogP contribution >= 0.6 is 0 Å². The van der Waals surface area contributed by atoms with Crippen molar-refractivity contribution in [2.45, 2.75) is 0 Å². The molecule has 116 valence electrons. The minimum Gasteiger partial charge on any atom is -0.341 e. The smallest absolute Gasteiger partial charge is 0.255 e. The molecule has 0 unspecified atom stereocenters. The first-order valence-corrected chi connectivity index (χ1v) is 6.60. The molecule has 0 aliphatic rings. The lowest BCUT2D eigenvalue weighted by molar-refractivity contribution is 0.0959. The van der Waals surface area contributed by atoms with Gasteiger partial charge in [-0.3, -0.25) is 9.59 Å². The Morgan fingerprint density at radius 3 is 2.48 bits per heavy atom. The van der Waals surface area contributed by atoms with Gasteiger partial charge in [0.1, 0.15) is 0 Å². The molecule has 2 N–H and O–H groups in total. The number of rotatable bonds is 4. The van der Waals surface area contributed by atoms with Gasteiger partial charge in [0.15, 0.2) is 11.6 Å². The number of halogens is 2. The number of benzene rings is 2. The van der Waals surface area contributed by atoms with E-state index in [1.54, 1.807) is 12.1 Å². The van der Waals surface area contributed by atoms with E-state index in [2.05, 4.69) is 16.6 Å². The van der Waals surface area contributed by atoms with E-state index in [4.69, 9.17) is 6.42 Å². The summed E-state index contributed by atoms with van der Waals surface area (Å²) in [6.45, 7) is 0.0459. The zero-order valence-electron chi connectivity index (χ0n) is 11.9. The van der Waals surface area contributed by atoms with Crippen LogP contribution in [0.1, 0.15) is 20.7 Å². The van der Waals surface area contributed by atoms with Crippen LogP contribution < -0.4 is 10.6 Å². The van der Waals surface area contributed by atoms with E-state index < -0.39 is 23.4 Å². The van der Waals surface area contributed by atoms with Gasteiger partial charge in [-0.1, -0.05) is 18.1 Å². The van der Waals surface area contributed by atoms with Gasteiger partial charge in [-0.25, -0.2) is 8.78 Å². The molecule has 0 saturated carbocycles. The van der Waals surface area contributed by atoms with Gasteiger partial charge in [0, 0.05) is 5.56 Å². The van der Waals surface area contributed by atoms with E-state index in [0.717, 1.165) is 18.2 Å². The van der Waals surface area contributed by atoms with E-state index in [9.17, 15) is 18.4 Å². The van der Waals surface area contributed by atoms with Gasteiger partial charge < -0.3 is 10.6 Å².